The predicted molar refractivity (Wildman–Crippen MR) is 405 cm³/mol. The monoisotopic (exact) mass is 1450 g/mol. The van der Waals surface area contributed by atoms with Crippen molar-refractivity contribution in [3.8, 4) is 92.0 Å². The number of Topliss-reactive ketones (excluding diaryl/α,β-unsaturated/α-hetero) is 3. The number of ketones is 4. The summed E-state index contributed by atoms with van der Waals surface area (Å²) >= 11 is 0. The van der Waals surface area contributed by atoms with E-state index in [1.54, 1.807) is 121 Å². The zero-order chi connectivity index (χ0) is 76.6. The average molecular weight is 1450 g/mol. The number of carbonyl (C=O) groups is 4. The van der Waals surface area contributed by atoms with E-state index in [2.05, 4.69) is 19.9 Å². The molecular formula is C87H84O20. The molecule has 552 valence electrons. The zero-order valence-corrected chi connectivity index (χ0v) is 61.1. The molecule has 4 atom stereocenters. The van der Waals surface area contributed by atoms with E-state index in [0.29, 0.717) is 68.2 Å². The van der Waals surface area contributed by atoms with E-state index in [0.717, 1.165) is 40.7 Å². The molecule has 0 saturated heterocycles. The fourth-order valence-corrected chi connectivity index (χ4v) is 13.2. The van der Waals surface area contributed by atoms with Gasteiger partial charge in [0, 0.05) is 24.3 Å². The van der Waals surface area contributed by atoms with Crippen molar-refractivity contribution in [1.82, 2.24) is 0 Å². The van der Waals surface area contributed by atoms with E-state index in [-0.39, 0.29) is 99.3 Å². The van der Waals surface area contributed by atoms with Crippen molar-refractivity contribution in [3.63, 3.8) is 0 Å². The molecule has 0 bridgehead atoms. The van der Waals surface area contributed by atoms with E-state index >= 15 is 0 Å². The van der Waals surface area contributed by atoms with Crippen LogP contribution in [0.1, 0.15) is 199 Å². The van der Waals surface area contributed by atoms with Gasteiger partial charge < -0.3 is 78.4 Å². The molecule has 4 unspecified atom stereocenters. The first-order valence-corrected chi connectivity index (χ1v) is 34.9. The Morgan fingerprint density at radius 1 is 0.458 bits per heavy atom. The van der Waals surface area contributed by atoms with Crippen LogP contribution in [0.25, 0.3) is 30.4 Å². The maximum Gasteiger partial charge on any atom is 0.193 e. The minimum atomic E-state index is -0.513. The van der Waals surface area contributed by atoms with Crippen LogP contribution >= 0.6 is 0 Å². The Morgan fingerprint density at radius 2 is 0.860 bits per heavy atom. The van der Waals surface area contributed by atoms with Crippen LogP contribution in [-0.4, -0.2) is 95.5 Å². The first-order valence-electron chi connectivity index (χ1n) is 34.9. The maximum atomic E-state index is 12.9. The molecule has 8 aromatic carbocycles. The number of rotatable bonds is 11. The molecule has 20 heteroatoms. The van der Waals surface area contributed by atoms with Gasteiger partial charge in [-0.05, 0) is 201 Å². The van der Waals surface area contributed by atoms with Crippen molar-refractivity contribution < 1.29 is 97.6 Å². The second-order valence-corrected chi connectivity index (χ2v) is 28.9. The fraction of sp³-hybridized carbons (Fsp3) is 0.264. The minimum absolute atomic E-state index is 0.0396. The van der Waals surface area contributed by atoms with Gasteiger partial charge in [-0.25, -0.2) is 0 Å². The molecule has 0 amide bonds. The molecule has 0 spiro atoms. The van der Waals surface area contributed by atoms with Crippen LogP contribution in [0.15, 0.2) is 163 Å². The Bertz CT molecular complexity index is 4990. The highest BCUT2D eigenvalue weighted by atomic mass is 16.5. The van der Waals surface area contributed by atoms with Gasteiger partial charge in [-0.3, -0.25) is 19.2 Å². The molecule has 107 heavy (non-hydrogen) atoms. The summed E-state index contributed by atoms with van der Waals surface area (Å²) in [7, 11) is 2.99. The number of phenolic OH excluding ortho intramolecular Hbond substituents is 7. The van der Waals surface area contributed by atoms with Crippen molar-refractivity contribution in [2.75, 3.05) is 14.2 Å². The van der Waals surface area contributed by atoms with Crippen LogP contribution in [0.5, 0.6) is 92.0 Å². The lowest BCUT2D eigenvalue weighted by molar-refractivity contribution is 0.0830. The van der Waals surface area contributed by atoms with E-state index in [1.165, 1.54) is 44.1 Å². The molecule has 0 aliphatic carbocycles. The molecule has 0 saturated carbocycles. The number of hydrogen-bond acceptors (Lipinski definition) is 20. The van der Waals surface area contributed by atoms with E-state index in [4.69, 9.17) is 42.6 Å². The van der Waals surface area contributed by atoms with Gasteiger partial charge in [0.15, 0.2) is 23.1 Å². The zero-order valence-electron chi connectivity index (χ0n) is 61.1. The van der Waals surface area contributed by atoms with Gasteiger partial charge in [-0.15, -0.1) is 0 Å². The summed E-state index contributed by atoms with van der Waals surface area (Å²) in [4.78, 5) is 50.9. The molecule has 20 nitrogen and oxygen atoms in total. The van der Waals surface area contributed by atoms with Gasteiger partial charge in [0.2, 0.25) is 0 Å². The smallest absolute Gasteiger partial charge is 0.193 e. The Labute approximate surface area is 619 Å². The number of aromatic hydroxyl groups is 7. The van der Waals surface area contributed by atoms with Gasteiger partial charge in [0.05, 0.1) is 55.7 Å². The van der Waals surface area contributed by atoms with Crippen molar-refractivity contribution in [3.05, 3.63) is 230 Å². The second kappa shape index (κ2) is 29.7. The summed E-state index contributed by atoms with van der Waals surface area (Å²) in [6.07, 6.45) is 20.9. The number of phenols is 7. The van der Waals surface area contributed by atoms with Gasteiger partial charge in [-0.1, -0.05) is 66.3 Å². The molecule has 8 aromatic rings. The normalized spacial score (nSPS) is 19.2. The molecule has 7 N–H and O–H groups in total. The molecule has 7 aliphatic rings. The lowest BCUT2D eigenvalue weighted by Crippen LogP contribution is -2.31. The molecule has 7 aliphatic heterocycles. The molecule has 0 radical (unpaired) electrons. The fourth-order valence-electron chi connectivity index (χ4n) is 13.2. The van der Waals surface area contributed by atoms with Crippen LogP contribution in [-0.2, 0) is 0 Å². The lowest BCUT2D eigenvalue weighted by Gasteiger charge is -2.33. The summed E-state index contributed by atoms with van der Waals surface area (Å²) in [5, 5.41) is 69.4. The number of hydrogen-bond donors (Lipinski definition) is 7. The number of allylic oxidation sites excluding steroid dienone is 3. The molecule has 15 rings (SSSR count). The van der Waals surface area contributed by atoms with E-state index in [9.17, 15) is 54.9 Å². The first-order chi connectivity index (χ1) is 50.8. The Kier molecular flexibility index (Phi) is 20.6. The summed E-state index contributed by atoms with van der Waals surface area (Å²) in [6, 6.07) is 32.8. The van der Waals surface area contributed by atoms with Crippen LogP contribution in [0, 0.1) is 0 Å². The van der Waals surface area contributed by atoms with E-state index < -0.39 is 46.5 Å². The van der Waals surface area contributed by atoms with Crippen molar-refractivity contribution in [2.45, 2.75) is 135 Å². The quantitative estimate of drug-likeness (QED) is 0.0360. The topological polar surface area (TPSA) is 293 Å². The third kappa shape index (κ3) is 16.3. The lowest BCUT2D eigenvalue weighted by atomic mass is 9.91. The second-order valence-electron chi connectivity index (χ2n) is 28.9. The average Bonchev–Trinajstić information content (AvgIpc) is 0.765. The predicted octanol–water partition coefficient (Wildman–Crippen LogP) is 18.2. The van der Waals surface area contributed by atoms with Crippen LogP contribution in [0.2, 0.25) is 0 Å². The standard InChI is InChI=1S/C26H28O5.C21H20O5.2C20H18O5/c1-17(2)6-5-14-26(3)15-13-20-22(31-26)16-23(30-4)24(25(20)29)21(28)12-9-18-7-10-19(27)11-8-18;1-21(2)9-8-14-17(26-21)11-18(24-3)19-15(23)10-16(25-20(14)19)12-4-6-13(22)7-5-12;1-20(2)8-7-13-17(25-20)10-15(23)18-14(22)9-16(24-19(13)18)11-3-5-12(21)6-4-11;1-20(2)8-7-13-16(25-20)10-17-18(19(13)23)14(22)9-15(24-17)11-3-5-12(21)6-4-11/h6-13,15-16,27,29H,5,14H2,1-4H3;4-9,11,16,22H,10H2,1-3H3;3-8,10,16,21,23H,9H2,1-2H3;3-8,10,15,21,23H,9H2,1-2H3/b12-9+;;;. The molecule has 7 heterocycles. The first kappa shape index (κ1) is 74.4. The molecule has 0 aromatic heterocycles. The molecule has 0 fully saturated rings. The van der Waals surface area contributed by atoms with Crippen molar-refractivity contribution >= 4 is 53.5 Å². The number of fused-ring (bicyclic) bond motifs is 9. The summed E-state index contributed by atoms with van der Waals surface area (Å²) < 4.78 is 53.1. The number of ether oxygens (including phenoxy) is 9. The summed E-state index contributed by atoms with van der Waals surface area (Å²) in [5.74, 6) is 3.37. The van der Waals surface area contributed by atoms with Gasteiger partial charge in [0.1, 0.15) is 155 Å². The Morgan fingerprint density at radius 3 is 1.36 bits per heavy atom. The third-order valence-corrected chi connectivity index (χ3v) is 18.8. The van der Waals surface area contributed by atoms with E-state index in [1.807, 2.05) is 84.9 Å². The van der Waals surface area contributed by atoms with Crippen LogP contribution in [0.4, 0.5) is 0 Å². The highest BCUT2D eigenvalue weighted by Gasteiger charge is 2.40. The maximum absolute atomic E-state index is 12.9. The van der Waals surface area contributed by atoms with Crippen molar-refractivity contribution in [1.29, 1.82) is 0 Å². The molecular weight excluding hydrogens is 1360 g/mol. The summed E-state index contributed by atoms with van der Waals surface area (Å²) in [6.45, 7) is 17.7. The SMILES string of the molecule is CC1(C)C=Cc2c(cc(O)c3c2OC(c2ccc(O)cc2)CC3=O)O1.CC1(C)C=Cc2c(cc3c(c2O)C(=O)CC(c2ccc(O)cc2)O3)O1.COc1cc2c(c(O)c1C(=O)/C=C/c1ccc(O)cc1)C=CC(C)(CCC=C(C)C)O2.COc1cc2c(c3c1C(=O)CC(c1ccc(O)cc1)O3)C=CC(C)(C)O2. The Balaban J connectivity index is 0.000000134. The van der Waals surface area contributed by atoms with Gasteiger partial charge in [0.25, 0.3) is 0 Å². The summed E-state index contributed by atoms with van der Waals surface area (Å²) in [5.41, 5.74) is 5.75. The highest BCUT2D eigenvalue weighted by molar-refractivity contribution is 6.12. The highest BCUT2D eigenvalue weighted by Crippen LogP contribution is 2.53. The van der Waals surface area contributed by atoms with Crippen molar-refractivity contribution in [2.24, 2.45) is 0 Å². The van der Waals surface area contributed by atoms with Crippen LogP contribution < -0.4 is 42.6 Å². The number of benzene rings is 8. The van der Waals surface area contributed by atoms with Gasteiger partial charge >= 0.3 is 0 Å². The number of methoxy groups -OCH3 is 2. The van der Waals surface area contributed by atoms with Crippen LogP contribution in [0.3, 0.4) is 0 Å². The minimum Gasteiger partial charge on any atom is -0.508 e. The third-order valence-electron chi connectivity index (χ3n) is 18.8. The van der Waals surface area contributed by atoms with Gasteiger partial charge in [-0.2, -0.15) is 0 Å². The number of carbonyl (C=O) groups excluding carboxylic acids is 4. The Hall–Kier alpha value is -12.3. The largest absolute Gasteiger partial charge is 0.508 e.